The van der Waals surface area contributed by atoms with Crippen LogP contribution in [0.4, 0.5) is 0 Å². The molecule has 4 aliphatic rings. The molecule has 0 N–H and O–H groups in total. The monoisotopic (exact) mass is 430 g/mol. The highest BCUT2D eigenvalue weighted by Crippen LogP contribution is 2.40. The zero-order valence-electron chi connectivity index (χ0n) is 18.5. The van der Waals surface area contributed by atoms with E-state index in [1.54, 1.807) is 0 Å². The molecule has 5 rings (SSSR count). The molecule has 0 aliphatic carbocycles. The van der Waals surface area contributed by atoms with Crippen LogP contribution in [-0.2, 0) is 28.4 Å². The lowest BCUT2D eigenvalue weighted by molar-refractivity contribution is -0.330. The molecule has 6 nitrogen and oxygen atoms in total. The van der Waals surface area contributed by atoms with Crippen LogP contribution < -0.4 is 0 Å². The maximum absolute atomic E-state index is 6.67. The molecular formula is C25H34O6. The SMILES string of the molecule is C=C[C@H]1O[C@H]2CCCO[C@@H]2C[C@@H]1O[C@@H]1C[C@@H]2O[C@H](c3ccccc3)OC[C@H]2OC1(C)C. The van der Waals surface area contributed by atoms with E-state index in [1.165, 1.54) is 0 Å². The van der Waals surface area contributed by atoms with Crippen LogP contribution in [0.15, 0.2) is 43.0 Å². The van der Waals surface area contributed by atoms with Crippen molar-refractivity contribution in [2.45, 2.75) is 94.1 Å². The van der Waals surface area contributed by atoms with Crippen molar-refractivity contribution in [1.82, 2.24) is 0 Å². The lowest BCUT2D eigenvalue weighted by atomic mass is 9.88. The predicted octanol–water partition coefficient (Wildman–Crippen LogP) is 3.94. The van der Waals surface area contributed by atoms with E-state index in [9.17, 15) is 0 Å². The van der Waals surface area contributed by atoms with Crippen molar-refractivity contribution < 1.29 is 28.4 Å². The first-order valence-electron chi connectivity index (χ1n) is 11.6. The Kier molecular flexibility index (Phi) is 6.21. The molecule has 4 saturated heterocycles. The lowest BCUT2D eigenvalue weighted by Crippen LogP contribution is -2.60. The number of hydrogen-bond acceptors (Lipinski definition) is 6. The minimum atomic E-state index is -0.455. The van der Waals surface area contributed by atoms with Gasteiger partial charge in [0, 0.05) is 25.0 Å². The molecule has 0 spiro atoms. The summed E-state index contributed by atoms with van der Waals surface area (Å²) in [6.07, 6.45) is 4.84. The van der Waals surface area contributed by atoms with E-state index in [2.05, 4.69) is 20.4 Å². The van der Waals surface area contributed by atoms with E-state index in [0.29, 0.717) is 6.61 Å². The summed E-state index contributed by atoms with van der Waals surface area (Å²) in [6.45, 7) is 9.48. The predicted molar refractivity (Wildman–Crippen MR) is 115 cm³/mol. The van der Waals surface area contributed by atoms with E-state index in [1.807, 2.05) is 36.4 Å². The maximum Gasteiger partial charge on any atom is 0.184 e. The third-order valence-electron chi connectivity index (χ3n) is 6.99. The molecule has 0 bridgehead atoms. The highest BCUT2D eigenvalue weighted by Gasteiger charge is 2.49. The molecule has 31 heavy (non-hydrogen) atoms. The largest absolute Gasteiger partial charge is 0.375 e. The van der Waals surface area contributed by atoms with Crippen LogP contribution in [0.3, 0.4) is 0 Å². The van der Waals surface area contributed by atoms with Gasteiger partial charge in [0.25, 0.3) is 0 Å². The van der Waals surface area contributed by atoms with Crippen molar-refractivity contribution in [3.8, 4) is 0 Å². The Morgan fingerprint density at radius 1 is 1.00 bits per heavy atom. The van der Waals surface area contributed by atoms with Gasteiger partial charge in [-0.3, -0.25) is 0 Å². The normalized spacial score (nSPS) is 42.3. The Morgan fingerprint density at radius 3 is 2.65 bits per heavy atom. The van der Waals surface area contributed by atoms with Crippen LogP contribution in [0.1, 0.15) is 51.4 Å². The minimum Gasteiger partial charge on any atom is -0.375 e. The lowest BCUT2D eigenvalue weighted by Gasteiger charge is -2.51. The second-order valence-corrected chi connectivity index (χ2v) is 9.57. The molecule has 1 aromatic rings. The van der Waals surface area contributed by atoms with Gasteiger partial charge in [-0.25, -0.2) is 0 Å². The zero-order chi connectivity index (χ0) is 21.4. The van der Waals surface area contributed by atoms with E-state index >= 15 is 0 Å². The van der Waals surface area contributed by atoms with Crippen molar-refractivity contribution in [2.24, 2.45) is 0 Å². The highest BCUT2D eigenvalue weighted by atomic mass is 16.7. The van der Waals surface area contributed by atoms with Gasteiger partial charge in [-0.2, -0.15) is 0 Å². The first-order valence-corrected chi connectivity index (χ1v) is 11.6. The maximum atomic E-state index is 6.67. The number of benzene rings is 1. The summed E-state index contributed by atoms with van der Waals surface area (Å²) in [6, 6.07) is 10.1. The van der Waals surface area contributed by atoms with Crippen molar-refractivity contribution in [3.63, 3.8) is 0 Å². The molecule has 170 valence electrons. The second kappa shape index (κ2) is 8.93. The van der Waals surface area contributed by atoms with E-state index < -0.39 is 5.60 Å². The third-order valence-corrected chi connectivity index (χ3v) is 6.99. The highest BCUT2D eigenvalue weighted by molar-refractivity contribution is 5.16. The average molecular weight is 431 g/mol. The second-order valence-electron chi connectivity index (χ2n) is 9.57. The molecule has 0 radical (unpaired) electrons. The summed E-state index contributed by atoms with van der Waals surface area (Å²) in [5, 5.41) is 0. The van der Waals surface area contributed by atoms with Gasteiger partial charge in [-0.05, 0) is 26.7 Å². The Bertz CT molecular complexity index is 752. The fourth-order valence-electron chi connectivity index (χ4n) is 5.25. The zero-order valence-corrected chi connectivity index (χ0v) is 18.5. The molecule has 0 amide bonds. The number of hydrogen-bond donors (Lipinski definition) is 0. The fourth-order valence-corrected chi connectivity index (χ4v) is 5.25. The van der Waals surface area contributed by atoms with E-state index in [4.69, 9.17) is 28.4 Å². The number of ether oxygens (including phenoxy) is 6. The van der Waals surface area contributed by atoms with Gasteiger partial charge in [0.1, 0.15) is 12.2 Å². The van der Waals surface area contributed by atoms with E-state index in [0.717, 1.165) is 37.9 Å². The summed E-state index contributed by atoms with van der Waals surface area (Å²) in [5.41, 5.74) is 0.569. The van der Waals surface area contributed by atoms with Crippen molar-refractivity contribution in [3.05, 3.63) is 48.6 Å². The smallest absolute Gasteiger partial charge is 0.184 e. The molecule has 8 atom stereocenters. The molecule has 0 unspecified atom stereocenters. The van der Waals surface area contributed by atoms with Crippen LogP contribution in [0.5, 0.6) is 0 Å². The van der Waals surface area contributed by atoms with Crippen LogP contribution >= 0.6 is 0 Å². The quantitative estimate of drug-likeness (QED) is 0.675. The van der Waals surface area contributed by atoms with Gasteiger partial charge in [0.2, 0.25) is 0 Å². The van der Waals surface area contributed by atoms with Crippen LogP contribution in [0.25, 0.3) is 0 Å². The first-order chi connectivity index (χ1) is 15.0. The van der Waals surface area contributed by atoms with Gasteiger partial charge >= 0.3 is 0 Å². The molecule has 4 aliphatic heterocycles. The summed E-state index contributed by atoms with van der Waals surface area (Å²) < 4.78 is 37.6. The standard InChI is InChI=1S/C25H34O6/c1-4-17-20(13-19-18(28-17)11-8-12-26-19)29-23-14-21-22(31-25(23,2)3)15-27-24(30-21)16-9-6-5-7-10-16/h4-7,9-10,17-24H,1,8,11-15H2,2-3H3/t17-,18+,19-,20+,21+,22-,23-,24-/m1/s1. The van der Waals surface area contributed by atoms with Gasteiger partial charge < -0.3 is 28.4 Å². The molecule has 0 saturated carbocycles. The Hall–Kier alpha value is -1.28. The summed E-state index contributed by atoms with van der Waals surface area (Å²) in [7, 11) is 0. The molecule has 0 aromatic heterocycles. The third kappa shape index (κ3) is 4.47. The fraction of sp³-hybridized carbons (Fsp3) is 0.680. The minimum absolute atomic E-state index is 0.0812. The molecule has 1 aromatic carbocycles. The van der Waals surface area contributed by atoms with Gasteiger partial charge in [-0.15, -0.1) is 6.58 Å². The van der Waals surface area contributed by atoms with Gasteiger partial charge in [0.15, 0.2) is 6.29 Å². The van der Waals surface area contributed by atoms with Crippen molar-refractivity contribution >= 4 is 0 Å². The topological polar surface area (TPSA) is 55.4 Å². The average Bonchev–Trinajstić information content (AvgIpc) is 2.79. The first kappa shape index (κ1) is 21.6. The molecule has 4 fully saturated rings. The molecule has 6 heteroatoms. The Balaban J connectivity index is 1.28. The molecular weight excluding hydrogens is 396 g/mol. The summed E-state index contributed by atoms with van der Waals surface area (Å²) in [4.78, 5) is 0. The van der Waals surface area contributed by atoms with Crippen molar-refractivity contribution in [1.29, 1.82) is 0 Å². The Morgan fingerprint density at radius 2 is 1.84 bits per heavy atom. The van der Waals surface area contributed by atoms with Crippen LogP contribution in [-0.4, -0.2) is 61.5 Å². The summed E-state index contributed by atoms with van der Waals surface area (Å²) in [5.74, 6) is 0. The van der Waals surface area contributed by atoms with Gasteiger partial charge in [0.05, 0.1) is 42.7 Å². The molecule has 4 heterocycles. The number of fused-ring (bicyclic) bond motifs is 2. The van der Waals surface area contributed by atoms with Gasteiger partial charge in [-0.1, -0.05) is 36.4 Å². The number of rotatable bonds is 4. The summed E-state index contributed by atoms with van der Waals surface area (Å²) >= 11 is 0. The van der Waals surface area contributed by atoms with E-state index in [-0.39, 0.29) is 49.0 Å². The van der Waals surface area contributed by atoms with Crippen molar-refractivity contribution in [2.75, 3.05) is 13.2 Å². The Labute approximate surface area is 184 Å². The van der Waals surface area contributed by atoms with Crippen LogP contribution in [0.2, 0.25) is 0 Å². The van der Waals surface area contributed by atoms with Crippen LogP contribution in [0, 0.1) is 0 Å².